The topological polar surface area (TPSA) is 77.0 Å². The van der Waals surface area contributed by atoms with Gasteiger partial charge < -0.3 is 10.1 Å². The zero-order chi connectivity index (χ0) is 13.5. The summed E-state index contributed by atoms with van der Waals surface area (Å²) < 4.78 is 4.71. The Balaban J connectivity index is 1.98. The minimum atomic E-state index is -0.382. The number of ether oxygens (including phenoxy) is 1. The van der Waals surface area contributed by atoms with Crippen LogP contribution in [0.15, 0.2) is 36.9 Å². The van der Waals surface area contributed by atoms with Crippen molar-refractivity contribution in [2.24, 2.45) is 0 Å². The summed E-state index contributed by atoms with van der Waals surface area (Å²) in [5.74, 6) is -0.382. The molecule has 0 aliphatic carbocycles. The minimum Gasteiger partial charge on any atom is -0.465 e. The lowest BCUT2D eigenvalue weighted by Gasteiger charge is -2.07. The van der Waals surface area contributed by atoms with E-state index in [0.29, 0.717) is 24.3 Å². The van der Waals surface area contributed by atoms with Gasteiger partial charge in [0, 0.05) is 25.5 Å². The Kier molecular flexibility index (Phi) is 4.52. The van der Waals surface area contributed by atoms with Gasteiger partial charge in [0.1, 0.15) is 6.33 Å². The van der Waals surface area contributed by atoms with Crippen molar-refractivity contribution in [3.05, 3.63) is 53.9 Å². The number of hydrogen-bond donors (Lipinski definition) is 1. The highest BCUT2D eigenvalue weighted by atomic mass is 16.5. The number of carbonyl (C=O) groups is 1. The van der Waals surface area contributed by atoms with Gasteiger partial charge in [-0.2, -0.15) is 0 Å². The summed E-state index contributed by atoms with van der Waals surface area (Å²) in [6.45, 7) is 1.05. The van der Waals surface area contributed by atoms with E-state index in [9.17, 15) is 4.79 Å². The zero-order valence-electron chi connectivity index (χ0n) is 10.5. The summed E-state index contributed by atoms with van der Waals surface area (Å²) in [6.07, 6.45) is 4.83. The Morgan fingerprint density at radius 3 is 2.89 bits per heavy atom. The van der Waals surface area contributed by atoms with Crippen molar-refractivity contribution in [1.29, 1.82) is 0 Å². The van der Waals surface area contributed by atoms with Crippen molar-refractivity contribution in [2.75, 3.05) is 7.11 Å². The number of nitrogens with zero attached hydrogens (tertiary/aromatic N) is 3. The van der Waals surface area contributed by atoms with Crippen molar-refractivity contribution in [3.8, 4) is 0 Å². The molecule has 19 heavy (non-hydrogen) atoms. The van der Waals surface area contributed by atoms with Crippen LogP contribution in [-0.2, 0) is 17.8 Å². The third-order valence-electron chi connectivity index (χ3n) is 2.54. The van der Waals surface area contributed by atoms with E-state index in [0.717, 1.165) is 5.69 Å². The molecule has 0 atom stereocenters. The Bertz CT molecular complexity index is 545. The Labute approximate surface area is 110 Å². The lowest BCUT2D eigenvalue weighted by Crippen LogP contribution is -2.17. The molecule has 0 radical (unpaired) electrons. The maximum atomic E-state index is 11.6. The van der Waals surface area contributed by atoms with E-state index in [1.54, 1.807) is 24.5 Å². The number of pyridine rings is 1. The van der Waals surface area contributed by atoms with Gasteiger partial charge in [0.05, 0.1) is 24.1 Å². The molecule has 1 N–H and O–H groups in total. The monoisotopic (exact) mass is 258 g/mol. The molecular formula is C13H14N4O2. The van der Waals surface area contributed by atoms with Gasteiger partial charge in [-0.25, -0.2) is 14.8 Å². The molecule has 0 amide bonds. The number of hydrogen-bond acceptors (Lipinski definition) is 6. The number of esters is 1. The van der Waals surface area contributed by atoms with Crippen LogP contribution >= 0.6 is 0 Å². The largest absolute Gasteiger partial charge is 0.465 e. The molecule has 2 aromatic rings. The predicted molar refractivity (Wildman–Crippen MR) is 68.2 cm³/mol. The maximum absolute atomic E-state index is 11.6. The average molecular weight is 258 g/mol. The van der Waals surface area contributed by atoms with Crippen molar-refractivity contribution < 1.29 is 9.53 Å². The molecule has 0 fully saturated rings. The molecule has 0 spiro atoms. The van der Waals surface area contributed by atoms with Gasteiger partial charge in [0.15, 0.2) is 0 Å². The molecular weight excluding hydrogens is 244 g/mol. The van der Waals surface area contributed by atoms with E-state index in [1.165, 1.54) is 13.4 Å². The van der Waals surface area contributed by atoms with Crippen molar-refractivity contribution in [1.82, 2.24) is 20.3 Å². The SMILES string of the molecule is COC(=O)c1cccnc1CNCc1ccncn1. The fourth-order valence-electron chi connectivity index (χ4n) is 1.61. The van der Waals surface area contributed by atoms with Crippen LogP contribution in [0, 0.1) is 0 Å². The van der Waals surface area contributed by atoms with Gasteiger partial charge in [-0.15, -0.1) is 0 Å². The van der Waals surface area contributed by atoms with E-state index in [1.807, 2.05) is 6.07 Å². The normalized spacial score (nSPS) is 10.2. The molecule has 0 saturated heterocycles. The van der Waals surface area contributed by atoms with Crippen LogP contribution in [0.5, 0.6) is 0 Å². The molecule has 2 aromatic heterocycles. The first-order valence-electron chi connectivity index (χ1n) is 5.79. The summed E-state index contributed by atoms with van der Waals surface area (Å²) in [4.78, 5) is 23.7. The first kappa shape index (κ1) is 13.1. The minimum absolute atomic E-state index is 0.382. The third kappa shape index (κ3) is 3.56. The average Bonchev–Trinajstić information content (AvgIpc) is 2.48. The highest BCUT2D eigenvalue weighted by Crippen LogP contribution is 2.06. The van der Waals surface area contributed by atoms with Crippen LogP contribution in [0.3, 0.4) is 0 Å². The van der Waals surface area contributed by atoms with E-state index >= 15 is 0 Å². The molecule has 2 rings (SSSR count). The fraction of sp³-hybridized carbons (Fsp3) is 0.231. The van der Waals surface area contributed by atoms with Gasteiger partial charge in [0.2, 0.25) is 0 Å². The fourth-order valence-corrected chi connectivity index (χ4v) is 1.61. The lowest BCUT2D eigenvalue weighted by atomic mass is 10.2. The van der Waals surface area contributed by atoms with E-state index < -0.39 is 0 Å². The van der Waals surface area contributed by atoms with Gasteiger partial charge in [0.25, 0.3) is 0 Å². The highest BCUT2D eigenvalue weighted by molar-refractivity contribution is 5.90. The molecule has 0 aliphatic rings. The van der Waals surface area contributed by atoms with Gasteiger partial charge >= 0.3 is 5.97 Å². The first-order chi connectivity index (χ1) is 9.31. The van der Waals surface area contributed by atoms with Crippen LogP contribution in [0.4, 0.5) is 0 Å². The van der Waals surface area contributed by atoms with E-state index in [4.69, 9.17) is 4.74 Å². The molecule has 0 aliphatic heterocycles. The Morgan fingerprint density at radius 1 is 1.26 bits per heavy atom. The maximum Gasteiger partial charge on any atom is 0.339 e. The third-order valence-corrected chi connectivity index (χ3v) is 2.54. The molecule has 0 saturated carbocycles. The smallest absolute Gasteiger partial charge is 0.339 e. The van der Waals surface area contributed by atoms with Crippen molar-refractivity contribution >= 4 is 5.97 Å². The molecule has 98 valence electrons. The quantitative estimate of drug-likeness (QED) is 0.804. The number of rotatable bonds is 5. The summed E-state index contributed by atoms with van der Waals surface area (Å²) in [5.41, 5.74) is 2.01. The van der Waals surface area contributed by atoms with Crippen molar-refractivity contribution in [3.63, 3.8) is 0 Å². The second-order valence-electron chi connectivity index (χ2n) is 3.79. The second kappa shape index (κ2) is 6.55. The molecule has 6 nitrogen and oxygen atoms in total. The highest BCUT2D eigenvalue weighted by Gasteiger charge is 2.11. The number of methoxy groups -OCH3 is 1. The summed E-state index contributed by atoms with van der Waals surface area (Å²) in [7, 11) is 1.35. The van der Waals surface area contributed by atoms with Crippen LogP contribution < -0.4 is 5.32 Å². The molecule has 0 aromatic carbocycles. The Hall–Kier alpha value is -2.34. The molecule has 6 heteroatoms. The van der Waals surface area contributed by atoms with Gasteiger partial charge in [-0.05, 0) is 18.2 Å². The van der Waals surface area contributed by atoms with Crippen molar-refractivity contribution in [2.45, 2.75) is 13.1 Å². The standard InChI is InChI=1S/C13H14N4O2/c1-19-13(18)11-3-2-5-16-12(11)8-15-7-10-4-6-14-9-17-10/h2-6,9,15H,7-8H2,1H3. The molecule has 0 unspecified atom stereocenters. The molecule has 0 bridgehead atoms. The van der Waals surface area contributed by atoms with Gasteiger partial charge in [-0.1, -0.05) is 0 Å². The van der Waals surface area contributed by atoms with E-state index in [2.05, 4.69) is 20.3 Å². The van der Waals surface area contributed by atoms with Crippen LogP contribution in [0.1, 0.15) is 21.7 Å². The summed E-state index contributed by atoms with van der Waals surface area (Å²) >= 11 is 0. The second-order valence-corrected chi connectivity index (χ2v) is 3.79. The summed E-state index contributed by atoms with van der Waals surface area (Å²) in [6, 6.07) is 5.23. The van der Waals surface area contributed by atoms with Crippen LogP contribution in [-0.4, -0.2) is 28.0 Å². The van der Waals surface area contributed by atoms with Crippen LogP contribution in [0.25, 0.3) is 0 Å². The molecule has 2 heterocycles. The van der Waals surface area contributed by atoms with Crippen LogP contribution in [0.2, 0.25) is 0 Å². The Morgan fingerprint density at radius 2 is 2.16 bits per heavy atom. The van der Waals surface area contributed by atoms with Gasteiger partial charge in [-0.3, -0.25) is 4.98 Å². The first-order valence-corrected chi connectivity index (χ1v) is 5.79. The number of carbonyl (C=O) groups excluding carboxylic acids is 1. The number of nitrogens with one attached hydrogen (secondary N) is 1. The van der Waals surface area contributed by atoms with E-state index in [-0.39, 0.29) is 5.97 Å². The predicted octanol–water partition coefficient (Wildman–Crippen LogP) is 0.948. The lowest BCUT2D eigenvalue weighted by molar-refractivity contribution is 0.0598. The number of aromatic nitrogens is 3. The zero-order valence-corrected chi connectivity index (χ0v) is 10.5. The summed E-state index contributed by atoms with van der Waals surface area (Å²) in [5, 5.41) is 3.18.